The zero-order valence-electron chi connectivity index (χ0n) is 4.54. The average molecular weight is 181 g/mol. The third-order valence-corrected chi connectivity index (χ3v) is 1.72. The molecule has 2 unspecified atom stereocenters. The van der Waals surface area contributed by atoms with Crippen LogP contribution in [0.3, 0.4) is 0 Å². The molecule has 0 aromatic carbocycles. The number of alkyl halides is 5. The van der Waals surface area contributed by atoms with Gasteiger partial charge in [0, 0.05) is 0 Å². The largest absolute Gasteiger partial charge is 0.406 e. The van der Waals surface area contributed by atoms with Crippen molar-refractivity contribution in [3.63, 3.8) is 0 Å². The maximum atomic E-state index is 11.5. The first-order valence-corrected chi connectivity index (χ1v) is 3.08. The van der Waals surface area contributed by atoms with Gasteiger partial charge in [0.15, 0.2) is 0 Å². The van der Waals surface area contributed by atoms with Gasteiger partial charge in [0.05, 0.1) is 5.38 Å². The molecule has 0 aliphatic rings. The van der Waals surface area contributed by atoms with E-state index in [4.69, 9.17) is 23.2 Å². The van der Waals surface area contributed by atoms with Crippen molar-refractivity contribution in [3.8, 4) is 0 Å². The molecule has 0 bridgehead atoms. The lowest BCUT2D eigenvalue weighted by Crippen LogP contribution is -2.29. The van der Waals surface area contributed by atoms with Crippen LogP contribution in [0.2, 0.25) is 0 Å². The summed E-state index contributed by atoms with van der Waals surface area (Å²) in [6.45, 7) is 1.20. The number of hydrogen-bond acceptors (Lipinski definition) is 0. The molecule has 0 spiro atoms. The van der Waals surface area contributed by atoms with Crippen molar-refractivity contribution >= 4 is 23.2 Å². The Morgan fingerprint density at radius 1 is 1.22 bits per heavy atom. The van der Waals surface area contributed by atoms with E-state index in [1.165, 1.54) is 6.92 Å². The highest BCUT2D eigenvalue weighted by molar-refractivity contribution is 6.30. The Balaban J connectivity index is 3.88. The molecule has 0 aromatic rings. The summed E-state index contributed by atoms with van der Waals surface area (Å²) in [6, 6.07) is 0. The van der Waals surface area contributed by atoms with Crippen LogP contribution in [0.5, 0.6) is 0 Å². The molecule has 56 valence electrons. The molecule has 0 nitrogen and oxygen atoms in total. The maximum absolute atomic E-state index is 11.5. The van der Waals surface area contributed by atoms with Gasteiger partial charge in [-0.15, -0.1) is 23.2 Å². The minimum Gasteiger partial charge on any atom is -0.169 e. The van der Waals surface area contributed by atoms with Gasteiger partial charge in [-0.25, -0.2) is 0 Å². The fourth-order valence-corrected chi connectivity index (χ4v) is 0.403. The molecule has 0 rings (SSSR count). The van der Waals surface area contributed by atoms with Crippen LogP contribution in [0.4, 0.5) is 13.2 Å². The summed E-state index contributed by atoms with van der Waals surface area (Å²) in [7, 11) is 0. The Morgan fingerprint density at radius 3 is 1.56 bits per heavy atom. The molecule has 0 radical (unpaired) electrons. The van der Waals surface area contributed by atoms with Crippen molar-refractivity contribution in [2.24, 2.45) is 0 Å². The molecule has 0 saturated heterocycles. The van der Waals surface area contributed by atoms with Gasteiger partial charge in [-0.2, -0.15) is 13.2 Å². The van der Waals surface area contributed by atoms with Gasteiger partial charge in [0.1, 0.15) is 5.38 Å². The van der Waals surface area contributed by atoms with Gasteiger partial charge in [0.2, 0.25) is 0 Å². The van der Waals surface area contributed by atoms with E-state index in [1.807, 2.05) is 0 Å². The molecule has 0 aromatic heterocycles. The predicted octanol–water partition coefficient (Wildman–Crippen LogP) is 2.78. The van der Waals surface area contributed by atoms with Crippen molar-refractivity contribution < 1.29 is 13.2 Å². The minimum atomic E-state index is -4.39. The molecule has 0 heterocycles. The zero-order chi connectivity index (χ0) is 7.65. The molecular formula is C4H5Cl2F3. The Kier molecular flexibility index (Phi) is 3.09. The molecule has 9 heavy (non-hydrogen) atoms. The van der Waals surface area contributed by atoms with Crippen molar-refractivity contribution in [2.75, 3.05) is 0 Å². The van der Waals surface area contributed by atoms with E-state index in [9.17, 15) is 13.2 Å². The summed E-state index contributed by atoms with van der Waals surface area (Å²) in [6.07, 6.45) is -4.39. The molecule has 0 N–H and O–H groups in total. The van der Waals surface area contributed by atoms with E-state index in [-0.39, 0.29) is 0 Å². The number of rotatable bonds is 1. The predicted molar refractivity (Wildman–Crippen MR) is 31.0 cm³/mol. The normalized spacial score (nSPS) is 19.3. The molecule has 0 saturated carbocycles. The number of hydrogen-bond donors (Lipinski definition) is 0. The second-order valence-electron chi connectivity index (χ2n) is 1.62. The monoisotopic (exact) mass is 180 g/mol. The van der Waals surface area contributed by atoms with Crippen LogP contribution >= 0.6 is 23.2 Å². The number of halogens is 5. The van der Waals surface area contributed by atoms with Gasteiger partial charge < -0.3 is 0 Å². The second-order valence-corrected chi connectivity index (χ2v) is 2.78. The molecule has 0 aliphatic heterocycles. The summed E-state index contributed by atoms with van der Waals surface area (Å²) < 4.78 is 34.5. The first-order valence-electron chi connectivity index (χ1n) is 2.20. The van der Waals surface area contributed by atoms with Crippen molar-refractivity contribution in [3.05, 3.63) is 0 Å². The van der Waals surface area contributed by atoms with Crippen LogP contribution in [-0.4, -0.2) is 16.9 Å². The second kappa shape index (κ2) is 2.97. The first kappa shape index (κ1) is 9.37. The summed E-state index contributed by atoms with van der Waals surface area (Å²) in [5.74, 6) is 0. The summed E-state index contributed by atoms with van der Waals surface area (Å²) >= 11 is 9.90. The van der Waals surface area contributed by atoms with Crippen LogP contribution in [0.1, 0.15) is 6.92 Å². The fourth-order valence-electron chi connectivity index (χ4n) is 0.260. The van der Waals surface area contributed by atoms with Gasteiger partial charge in [-0.3, -0.25) is 0 Å². The standard InChI is InChI=1S/C4H5Cl2F3/c1-2(5)3(6)4(7,8)9/h2-3H,1H3. The van der Waals surface area contributed by atoms with Gasteiger partial charge in [0.25, 0.3) is 0 Å². The maximum Gasteiger partial charge on any atom is 0.406 e. The lowest BCUT2D eigenvalue weighted by molar-refractivity contribution is -0.130. The molecule has 0 amide bonds. The smallest absolute Gasteiger partial charge is 0.169 e. The third kappa shape index (κ3) is 3.16. The van der Waals surface area contributed by atoms with Crippen LogP contribution < -0.4 is 0 Å². The van der Waals surface area contributed by atoms with Crippen LogP contribution in [0.15, 0.2) is 0 Å². The highest BCUT2D eigenvalue weighted by Gasteiger charge is 2.40. The Bertz CT molecular complexity index is 88.3. The van der Waals surface area contributed by atoms with Crippen molar-refractivity contribution in [1.29, 1.82) is 0 Å². The average Bonchev–Trinajstić information content (AvgIpc) is 1.62. The van der Waals surface area contributed by atoms with Crippen molar-refractivity contribution in [1.82, 2.24) is 0 Å². The van der Waals surface area contributed by atoms with Crippen LogP contribution in [0.25, 0.3) is 0 Å². The lowest BCUT2D eigenvalue weighted by atomic mass is 10.3. The summed E-state index contributed by atoms with van der Waals surface area (Å²) in [4.78, 5) is 0. The highest BCUT2D eigenvalue weighted by Crippen LogP contribution is 2.29. The molecular weight excluding hydrogens is 176 g/mol. The van der Waals surface area contributed by atoms with E-state index in [1.54, 1.807) is 0 Å². The lowest BCUT2D eigenvalue weighted by Gasteiger charge is -2.14. The first-order chi connectivity index (χ1) is 3.85. The van der Waals surface area contributed by atoms with Gasteiger partial charge in [-0.1, -0.05) is 0 Å². The van der Waals surface area contributed by atoms with E-state index < -0.39 is 16.9 Å². The molecule has 5 heteroatoms. The third-order valence-electron chi connectivity index (χ3n) is 0.716. The van der Waals surface area contributed by atoms with Crippen molar-refractivity contribution in [2.45, 2.75) is 23.9 Å². The molecule has 0 aliphatic carbocycles. The molecule has 0 fully saturated rings. The quantitative estimate of drug-likeness (QED) is 0.545. The fraction of sp³-hybridized carbons (Fsp3) is 1.00. The Labute approximate surface area is 60.9 Å². The minimum absolute atomic E-state index is 1.08. The Morgan fingerprint density at radius 2 is 1.56 bits per heavy atom. The van der Waals surface area contributed by atoms with Crippen LogP contribution in [0, 0.1) is 0 Å². The van der Waals surface area contributed by atoms with E-state index >= 15 is 0 Å². The summed E-state index contributed by atoms with van der Waals surface area (Å²) in [5, 5.41) is -3.02. The van der Waals surface area contributed by atoms with Gasteiger partial charge >= 0.3 is 6.18 Å². The van der Waals surface area contributed by atoms with E-state index in [2.05, 4.69) is 0 Å². The highest BCUT2D eigenvalue weighted by atomic mass is 35.5. The van der Waals surface area contributed by atoms with Crippen LogP contribution in [-0.2, 0) is 0 Å². The zero-order valence-corrected chi connectivity index (χ0v) is 6.06. The topological polar surface area (TPSA) is 0 Å². The van der Waals surface area contributed by atoms with E-state index in [0.717, 1.165) is 0 Å². The Hall–Kier alpha value is 0.370. The summed E-state index contributed by atoms with van der Waals surface area (Å²) in [5.41, 5.74) is 0. The van der Waals surface area contributed by atoms with Gasteiger partial charge in [-0.05, 0) is 6.92 Å². The van der Waals surface area contributed by atoms with E-state index in [0.29, 0.717) is 0 Å². The molecule has 2 atom stereocenters. The SMILES string of the molecule is CC(Cl)C(Cl)C(F)(F)F.